The first-order valence-electron chi connectivity index (χ1n) is 10.7. The molecule has 6 heteroatoms. The van der Waals surface area contributed by atoms with Crippen LogP contribution in [0.15, 0.2) is 122 Å². The molecule has 180 valence electrons. The summed E-state index contributed by atoms with van der Waals surface area (Å²) in [6.07, 6.45) is 6.35. The topological polar surface area (TPSA) is 86.7 Å². The highest BCUT2D eigenvalue weighted by molar-refractivity contribution is 6.24. The predicted molar refractivity (Wildman–Crippen MR) is 139 cm³/mol. The van der Waals surface area contributed by atoms with Crippen molar-refractivity contribution in [2.24, 2.45) is 0 Å². The van der Waals surface area contributed by atoms with Crippen LogP contribution in [0.1, 0.15) is 16.7 Å². The van der Waals surface area contributed by atoms with E-state index in [1.54, 1.807) is 24.3 Å². The predicted octanol–water partition coefficient (Wildman–Crippen LogP) is 5.44. The minimum atomic E-state index is -0.769. The highest BCUT2D eigenvalue weighted by atomic mass is 16.6. The van der Waals surface area contributed by atoms with Crippen LogP contribution in [0.25, 0.3) is 17.7 Å². The summed E-state index contributed by atoms with van der Waals surface area (Å²) in [5.41, 5.74) is 2.71. The molecule has 0 radical (unpaired) electrons. The van der Waals surface area contributed by atoms with Crippen molar-refractivity contribution >= 4 is 41.6 Å². The highest BCUT2D eigenvalue weighted by Crippen LogP contribution is 2.20. The molecule has 0 heterocycles. The van der Waals surface area contributed by atoms with E-state index < -0.39 is 23.9 Å². The number of ether oxygens (including phenoxy) is 2. The fourth-order valence-electron chi connectivity index (χ4n) is 2.69. The van der Waals surface area contributed by atoms with Gasteiger partial charge >= 0.3 is 23.9 Å². The zero-order chi connectivity index (χ0) is 26.2. The molecule has 0 aromatic heterocycles. The van der Waals surface area contributed by atoms with Crippen LogP contribution < -0.4 is 0 Å². The Morgan fingerprint density at radius 1 is 0.583 bits per heavy atom. The zero-order valence-corrected chi connectivity index (χ0v) is 19.4. The third-order valence-electron chi connectivity index (χ3n) is 4.35. The molecule has 0 aliphatic rings. The van der Waals surface area contributed by atoms with Gasteiger partial charge in [-0.15, -0.1) is 0 Å². The van der Waals surface area contributed by atoms with Gasteiger partial charge in [0.1, 0.15) is 0 Å². The Labute approximate surface area is 209 Å². The molecule has 36 heavy (non-hydrogen) atoms. The highest BCUT2D eigenvalue weighted by Gasteiger charge is 2.16. The van der Waals surface area contributed by atoms with Crippen LogP contribution in [0, 0.1) is 0 Å². The second kappa shape index (κ2) is 14.9. The zero-order valence-electron chi connectivity index (χ0n) is 19.4. The third kappa shape index (κ3) is 9.80. The molecule has 3 aromatic rings. The summed E-state index contributed by atoms with van der Waals surface area (Å²) in [7, 11) is 0. The van der Waals surface area contributed by atoms with Crippen molar-refractivity contribution in [1.82, 2.24) is 0 Å². The standard InChI is InChI=1S/C18H14O3.C12H10O3/c1-2-17(19)21-18(20)16(15-11-7-4-8-12-15)13-14-9-5-3-6-10-14;1-2-11(13)15-12(14)9-8-10-6-4-3-5-7-10/h2-13H,1H2;2-9H,1H2. The molecule has 0 fully saturated rings. The molecule has 0 spiro atoms. The van der Waals surface area contributed by atoms with Gasteiger partial charge in [-0.1, -0.05) is 104 Å². The summed E-state index contributed by atoms with van der Waals surface area (Å²) >= 11 is 0. The minimum Gasteiger partial charge on any atom is -0.387 e. The van der Waals surface area contributed by atoms with Gasteiger partial charge in [-0.2, -0.15) is 0 Å². The lowest BCUT2D eigenvalue weighted by Crippen LogP contribution is -2.11. The lowest BCUT2D eigenvalue weighted by molar-refractivity contribution is -0.153. The molecular weight excluding hydrogens is 456 g/mol. The van der Waals surface area contributed by atoms with E-state index in [1.807, 2.05) is 78.9 Å². The number of hydrogen-bond acceptors (Lipinski definition) is 6. The van der Waals surface area contributed by atoms with E-state index in [0.29, 0.717) is 11.1 Å². The van der Waals surface area contributed by atoms with Gasteiger partial charge in [0.05, 0.1) is 5.57 Å². The quantitative estimate of drug-likeness (QED) is 0.194. The second-order valence-corrected chi connectivity index (χ2v) is 6.94. The summed E-state index contributed by atoms with van der Waals surface area (Å²) < 4.78 is 9.06. The molecule has 0 N–H and O–H groups in total. The molecule has 0 amide bonds. The van der Waals surface area contributed by atoms with Crippen LogP contribution in [0.4, 0.5) is 0 Å². The van der Waals surface area contributed by atoms with Gasteiger partial charge in [-0.3, -0.25) is 0 Å². The van der Waals surface area contributed by atoms with Crippen LogP contribution in [0.5, 0.6) is 0 Å². The first-order chi connectivity index (χ1) is 17.4. The first kappa shape index (κ1) is 27.1. The van der Waals surface area contributed by atoms with Crippen molar-refractivity contribution in [3.8, 4) is 0 Å². The van der Waals surface area contributed by atoms with Crippen molar-refractivity contribution in [3.05, 3.63) is 139 Å². The summed E-state index contributed by atoms with van der Waals surface area (Å²) in [5, 5.41) is 0. The van der Waals surface area contributed by atoms with Gasteiger partial charge in [0, 0.05) is 18.2 Å². The SMILES string of the molecule is C=CC(=O)OC(=O)C(=Cc1ccccc1)c1ccccc1.C=CC(=O)OC(=O)C=Cc1ccccc1. The number of hydrogen-bond donors (Lipinski definition) is 0. The van der Waals surface area contributed by atoms with Crippen molar-refractivity contribution < 1.29 is 28.7 Å². The number of benzene rings is 3. The normalized spacial score (nSPS) is 10.4. The van der Waals surface area contributed by atoms with Gasteiger partial charge in [0.25, 0.3) is 0 Å². The van der Waals surface area contributed by atoms with Gasteiger partial charge in [0.15, 0.2) is 0 Å². The van der Waals surface area contributed by atoms with E-state index in [9.17, 15) is 19.2 Å². The van der Waals surface area contributed by atoms with Crippen LogP contribution >= 0.6 is 0 Å². The van der Waals surface area contributed by atoms with E-state index in [1.165, 1.54) is 6.08 Å². The maximum absolute atomic E-state index is 12.2. The molecule has 3 aromatic carbocycles. The number of carbonyl (C=O) groups is 4. The Kier molecular flexibility index (Phi) is 11.3. The van der Waals surface area contributed by atoms with E-state index in [0.717, 1.165) is 23.3 Å². The van der Waals surface area contributed by atoms with Crippen molar-refractivity contribution in [2.45, 2.75) is 0 Å². The van der Waals surface area contributed by atoms with Crippen LogP contribution in [-0.4, -0.2) is 23.9 Å². The molecule has 0 atom stereocenters. The average molecular weight is 481 g/mol. The van der Waals surface area contributed by atoms with Crippen molar-refractivity contribution in [2.75, 3.05) is 0 Å². The number of rotatable bonds is 7. The van der Waals surface area contributed by atoms with E-state index >= 15 is 0 Å². The largest absolute Gasteiger partial charge is 0.387 e. The van der Waals surface area contributed by atoms with Gasteiger partial charge in [-0.25, -0.2) is 19.2 Å². The maximum Gasteiger partial charge on any atom is 0.346 e. The molecule has 6 nitrogen and oxygen atoms in total. The summed E-state index contributed by atoms with van der Waals surface area (Å²) in [5.74, 6) is -2.92. The minimum absolute atomic E-state index is 0.317. The van der Waals surface area contributed by atoms with Crippen molar-refractivity contribution in [1.29, 1.82) is 0 Å². The van der Waals surface area contributed by atoms with Gasteiger partial charge < -0.3 is 9.47 Å². The maximum atomic E-state index is 12.2. The molecule has 0 unspecified atom stereocenters. The smallest absolute Gasteiger partial charge is 0.346 e. The van der Waals surface area contributed by atoms with Crippen LogP contribution in [0.2, 0.25) is 0 Å². The Morgan fingerprint density at radius 3 is 1.58 bits per heavy atom. The summed E-state index contributed by atoms with van der Waals surface area (Å²) in [6, 6.07) is 27.6. The van der Waals surface area contributed by atoms with Gasteiger partial charge in [-0.05, 0) is 28.8 Å². The van der Waals surface area contributed by atoms with Crippen LogP contribution in [-0.2, 0) is 28.7 Å². The fourth-order valence-corrected chi connectivity index (χ4v) is 2.69. The van der Waals surface area contributed by atoms with E-state index in [4.69, 9.17) is 4.74 Å². The van der Waals surface area contributed by atoms with E-state index in [-0.39, 0.29) is 0 Å². The van der Waals surface area contributed by atoms with Crippen LogP contribution in [0.3, 0.4) is 0 Å². The Hall–Kier alpha value is -5.10. The molecule has 0 aliphatic carbocycles. The fraction of sp³-hybridized carbons (Fsp3) is 0. The molecule has 0 saturated carbocycles. The lowest BCUT2D eigenvalue weighted by Gasteiger charge is -2.06. The third-order valence-corrected chi connectivity index (χ3v) is 4.35. The second-order valence-electron chi connectivity index (χ2n) is 6.94. The molecule has 0 aliphatic heterocycles. The van der Waals surface area contributed by atoms with Gasteiger partial charge in [0.2, 0.25) is 0 Å². The molecule has 0 bridgehead atoms. The Balaban J connectivity index is 0.000000269. The van der Waals surface area contributed by atoms with Crippen molar-refractivity contribution in [3.63, 3.8) is 0 Å². The average Bonchev–Trinajstić information content (AvgIpc) is 2.92. The van der Waals surface area contributed by atoms with E-state index in [2.05, 4.69) is 17.9 Å². The molecule has 0 saturated heterocycles. The molecular formula is C30H24O6. The number of carbonyl (C=O) groups excluding carboxylic acids is 4. The Morgan fingerprint density at radius 2 is 1.06 bits per heavy atom. The lowest BCUT2D eigenvalue weighted by atomic mass is 10.0. The number of esters is 4. The summed E-state index contributed by atoms with van der Waals surface area (Å²) in [6.45, 7) is 6.46. The summed E-state index contributed by atoms with van der Waals surface area (Å²) in [4.78, 5) is 45.0. The Bertz CT molecular complexity index is 1260. The monoisotopic (exact) mass is 480 g/mol. The first-order valence-corrected chi connectivity index (χ1v) is 10.7. The molecule has 3 rings (SSSR count).